The van der Waals surface area contributed by atoms with Gasteiger partial charge in [-0.3, -0.25) is 4.79 Å². The zero-order chi connectivity index (χ0) is 17.9. The molecule has 2 aromatic carbocycles. The third-order valence-corrected chi connectivity index (χ3v) is 5.46. The minimum Gasteiger partial charge on any atom is -0.312 e. The predicted molar refractivity (Wildman–Crippen MR) is 96.1 cm³/mol. The molecule has 25 heavy (non-hydrogen) atoms. The number of sulfonamides is 1. The minimum absolute atomic E-state index is 0.0165. The number of nitrogens with one attached hydrogen (secondary N) is 2. The Labute approximate surface area is 147 Å². The van der Waals surface area contributed by atoms with Gasteiger partial charge in [-0.25, -0.2) is 8.42 Å². The van der Waals surface area contributed by atoms with Gasteiger partial charge in [-0.2, -0.15) is 0 Å². The predicted octanol–water partition coefficient (Wildman–Crippen LogP) is 2.81. The Morgan fingerprint density at radius 1 is 0.960 bits per heavy atom. The second-order valence-electron chi connectivity index (χ2n) is 6.20. The molecule has 1 atom stereocenters. The molecule has 0 fully saturated rings. The summed E-state index contributed by atoms with van der Waals surface area (Å²) in [5.41, 5.74) is 5.34. The van der Waals surface area contributed by atoms with Crippen molar-refractivity contribution in [3.63, 3.8) is 0 Å². The maximum atomic E-state index is 12.3. The summed E-state index contributed by atoms with van der Waals surface area (Å²) < 4.78 is 24.7. The van der Waals surface area contributed by atoms with Gasteiger partial charge < -0.3 is 5.43 Å². The van der Waals surface area contributed by atoms with Crippen LogP contribution in [0.5, 0.6) is 0 Å². The highest BCUT2D eigenvalue weighted by Gasteiger charge is 2.23. The molecule has 0 spiro atoms. The van der Waals surface area contributed by atoms with Gasteiger partial charge in [0, 0.05) is 18.2 Å². The molecule has 3 rings (SSSR count). The fourth-order valence-corrected chi connectivity index (χ4v) is 3.73. The summed E-state index contributed by atoms with van der Waals surface area (Å²) in [4.78, 5) is 14.5. The molecule has 0 saturated carbocycles. The molecule has 130 valence electrons. The van der Waals surface area contributed by atoms with E-state index in [1.54, 1.807) is 24.3 Å². The molecule has 0 amide bonds. The van der Waals surface area contributed by atoms with E-state index in [1.165, 1.54) is 6.08 Å². The summed E-state index contributed by atoms with van der Waals surface area (Å²) in [6.45, 7) is 1.89. The lowest BCUT2D eigenvalue weighted by Gasteiger charge is -2.23. The molecule has 0 aliphatic heterocycles. The van der Waals surface area contributed by atoms with Crippen LogP contribution in [-0.4, -0.2) is 14.2 Å². The summed E-state index contributed by atoms with van der Waals surface area (Å²) >= 11 is 0. The first-order valence-electron chi connectivity index (χ1n) is 8.07. The molecule has 0 bridgehead atoms. The van der Waals surface area contributed by atoms with Crippen LogP contribution in [0, 0.1) is 6.92 Å². The van der Waals surface area contributed by atoms with Gasteiger partial charge in [-0.05, 0) is 37.0 Å². The number of rotatable bonds is 5. The molecule has 0 unspecified atom stereocenters. The van der Waals surface area contributed by atoms with Crippen LogP contribution < -0.4 is 10.3 Å². The maximum Gasteiger partial charge on any atom is 0.257 e. The first-order chi connectivity index (χ1) is 11.9. The van der Waals surface area contributed by atoms with Gasteiger partial charge >= 0.3 is 0 Å². The van der Waals surface area contributed by atoms with Crippen LogP contribution in [0.1, 0.15) is 29.9 Å². The summed E-state index contributed by atoms with van der Waals surface area (Å²) in [5, 5.41) is 0. The first kappa shape index (κ1) is 17.4. The molecule has 0 aromatic heterocycles. The Morgan fingerprint density at radius 2 is 1.64 bits per heavy atom. The number of allylic oxidation sites excluding steroid dienone is 2. The molecular formula is C19H20N2O3S. The lowest BCUT2D eigenvalue weighted by Crippen LogP contribution is -2.38. The molecule has 2 aromatic rings. The quantitative estimate of drug-likeness (QED) is 0.808. The van der Waals surface area contributed by atoms with Crippen LogP contribution in [0.3, 0.4) is 0 Å². The van der Waals surface area contributed by atoms with E-state index < -0.39 is 10.0 Å². The van der Waals surface area contributed by atoms with Crippen LogP contribution in [0.2, 0.25) is 0 Å². The number of carbonyl (C=O) groups excluding carboxylic acids is 1. The summed E-state index contributed by atoms with van der Waals surface area (Å²) in [5.74, 6) is 0.0298. The van der Waals surface area contributed by atoms with Gasteiger partial charge in [0.05, 0.1) is 4.90 Å². The number of hydrazine groups is 1. The third-order valence-electron chi connectivity index (χ3n) is 4.20. The van der Waals surface area contributed by atoms with Crippen molar-refractivity contribution in [2.24, 2.45) is 0 Å². The van der Waals surface area contributed by atoms with Gasteiger partial charge in [-0.1, -0.05) is 48.0 Å². The zero-order valence-electron chi connectivity index (χ0n) is 13.9. The highest BCUT2D eigenvalue weighted by molar-refractivity contribution is 7.89. The van der Waals surface area contributed by atoms with Crippen molar-refractivity contribution in [1.82, 2.24) is 10.3 Å². The normalized spacial score (nSPS) is 17.9. The highest BCUT2D eigenvalue weighted by Crippen LogP contribution is 2.30. The number of aryl methyl sites for hydroxylation is 1. The van der Waals surface area contributed by atoms with Crippen molar-refractivity contribution < 1.29 is 13.2 Å². The molecule has 5 nitrogen and oxygen atoms in total. The first-order valence-corrected chi connectivity index (χ1v) is 9.55. The van der Waals surface area contributed by atoms with Crippen LogP contribution in [0.4, 0.5) is 0 Å². The fraction of sp³-hybridized carbons (Fsp3) is 0.211. The Hall–Kier alpha value is -2.44. The number of benzene rings is 2. The van der Waals surface area contributed by atoms with Gasteiger partial charge in [0.2, 0.25) is 0 Å². The van der Waals surface area contributed by atoms with Crippen molar-refractivity contribution in [2.45, 2.75) is 30.6 Å². The Balaban J connectivity index is 1.70. The second kappa shape index (κ2) is 7.21. The topological polar surface area (TPSA) is 75.3 Å². The second-order valence-corrected chi connectivity index (χ2v) is 7.88. The molecule has 0 heterocycles. The van der Waals surface area contributed by atoms with E-state index in [1.807, 2.05) is 37.3 Å². The van der Waals surface area contributed by atoms with Gasteiger partial charge in [0.15, 0.2) is 5.78 Å². The number of carbonyl (C=O) groups is 1. The number of hydrogen-bond acceptors (Lipinski definition) is 4. The third kappa shape index (κ3) is 4.35. The largest absolute Gasteiger partial charge is 0.312 e. The average molecular weight is 356 g/mol. The molecular weight excluding hydrogens is 336 g/mol. The summed E-state index contributed by atoms with van der Waals surface area (Å²) in [6, 6.07) is 16.3. The van der Waals surface area contributed by atoms with Crippen molar-refractivity contribution in [1.29, 1.82) is 0 Å². The Kier molecular flexibility index (Phi) is 5.01. The van der Waals surface area contributed by atoms with Gasteiger partial charge in [0.25, 0.3) is 10.0 Å². The van der Waals surface area contributed by atoms with Gasteiger partial charge in [0.1, 0.15) is 0 Å². The van der Waals surface area contributed by atoms with Crippen molar-refractivity contribution in [3.05, 3.63) is 77.5 Å². The zero-order valence-corrected chi connectivity index (χ0v) is 14.7. The highest BCUT2D eigenvalue weighted by atomic mass is 32.2. The van der Waals surface area contributed by atoms with E-state index in [-0.39, 0.29) is 16.6 Å². The Bertz CT molecular complexity index is 888. The van der Waals surface area contributed by atoms with Crippen molar-refractivity contribution in [2.75, 3.05) is 0 Å². The van der Waals surface area contributed by atoms with E-state index in [9.17, 15) is 13.2 Å². The lowest BCUT2D eigenvalue weighted by atomic mass is 9.86. The number of ketones is 1. The monoisotopic (exact) mass is 356 g/mol. The van der Waals surface area contributed by atoms with Gasteiger partial charge in [-0.15, -0.1) is 4.83 Å². The SMILES string of the molecule is Cc1ccc(S(=O)(=O)NNC2=CC(=O)C[C@@H](c3ccccc3)C2)cc1. The Morgan fingerprint density at radius 3 is 2.32 bits per heavy atom. The van der Waals surface area contributed by atoms with E-state index in [2.05, 4.69) is 10.3 Å². The maximum absolute atomic E-state index is 12.3. The van der Waals surface area contributed by atoms with Crippen LogP contribution in [0.15, 0.2) is 71.3 Å². The molecule has 6 heteroatoms. The molecule has 0 radical (unpaired) electrons. The molecule has 0 saturated heterocycles. The summed E-state index contributed by atoms with van der Waals surface area (Å²) in [7, 11) is -3.69. The van der Waals surface area contributed by atoms with E-state index in [4.69, 9.17) is 0 Å². The minimum atomic E-state index is -3.69. The molecule has 2 N–H and O–H groups in total. The van der Waals surface area contributed by atoms with E-state index in [0.29, 0.717) is 18.5 Å². The summed E-state index contributed by atoms with van der Waals surface area (Å²) in [6.07, 6.45) is 2.48. The molecule has 1 aliphatic rings. The van der Waals surface area contributed by atoms with E-state index in [0.717, 1.165) is 11.1 Å². The van der Waals surface area contributed by atoms with E-state index >= 15 is 0 Å². The van der Waals surface area contributed by atoms with Crippen LogP contribution >= 0.6 is 0 Å². The lowest BCUT2D eigenvalue weighted by molar-refractivity contribution is -0.115. The standard InChI is InChI=1S/C19H20N2O3S/c1-14-7-9-19(10-8-14)25(23,24)21-20-17-11-16(12-18(22)13-17)15-5-3-2-4-6-15/h2-10,13,16,20-21H,11-12H2,1H3/t16-/m0/s1. The molecule has 1 aliphatic carbocycles. The average Bonchev–Trinajstić information content (AvgIpc) is 2.61. The van der Waals surface area contributed by atoms with Crippen LogP contribution in [0.25, 0.3) is 0 Å². The van der Waals surface area contributed by atoms with Crippen LogP contribution in [-0.2, 0) is 14.8 Å². The fourth-order valence-electron chi connectivity index (χ4n) is 2.85. The number of hydrogen-bond donors (Lipinski definition) is 2. The van der Waals surface area contributed by atoms with Crippen molar-refractivity contribution in [3.8, 4) is 0 Å². The smallest absolute Gasteiger partial charge is 0.257 e. The van der Waals surface area contributed by atoms with Crippen molar-refractivity contribution >= 4 is 15.8 Å².